The molecule has 160 valence electrons. The molecule has 6 nitrogen and oxygen atoms in total. The molecular formula is C20H12ClF4N3O3. The lowest BCUT2D eigenvalue weighted by Crippen LogP contribution is -2.17. The van der Waals surface area contributed by atoms with E-state index in [0.29, 0.717) is 6.07 Å². The second-order valence-corrected chi connectivity index (χ2v) is 6.54. The molecular weight excluding hydrogens is 442 g/mol. The number of nitrogens with one attached hydrogen (secondary N) is 1. The molecule has 1 aromatic heterocycles. The number of halogens is 5. The van der Waals surface area contributed by atoms with Crippen LogP contribution in [0.2, 0.25) is 5.02 Å². The molecule has 0 fully saturated rings. The number of carbonyl (C=O) groups is 2. The van der Waals surface area contributed by atoms with E-state index in [4.69, 9.17) is 22.1 Å². The van der Waals surface area contributed by atoms with Crippen LogP contribution in [0.5, 0.6) is 11.5 Å². The molecule has 0 unspecified atom stereocenters. The number of nitrogens with zero attached hydrogens (tertiary/aromatic N) is 1. The first-order valence-corrected chi connectivity index (χ1v) is 8.84. The van der Waals surface area contributed by atoms with Crippen molar-refractivity contribution in [2.75, 3.05) is 5.32 Å². The Morgan fingerprint density at radius 1 is 1.03 bits per heavy atom. The van der Waals surface area contributed by atoms with E-state index in [9.17, 15) is 27.2 Å². The number of rotatable bonds is 5. The van der Waals surface area contributed by atoms with Gasteiger partial charge in [0, 0.05) is 11.9 Å². The van der Waals surface area contributed by atoms with E-state index < -0.39 is 34.9 Å². The molecule has 0 bridgehead atoms. The fourth-order valence-corrected chi connectivity index (χ4v) is 2.70. The van der Waals surface area contributed by atoms with Crippen LogP contribution in [-0.4, -0.2) is 16.8 Å². The fourth-order valence-electron chi connectivity index (χ4n) is 2.49. The molecule has 2 amide bonds. The van der Waals surface area contributed by atoms with E-state index >= 15 is 0 Å². The van der Waals surface area contributed by atoms with Crippen molar-refractivity contribution in [3.8, 4) is 11.5 Å². The Hall–Kier alpha value is -3.66. The number of nitrogens with two attached hydrogens (primary N) is 1. The predicted molar refractivity (Wildman–Crippen MR) is 104 cm³/mol. The van der Waals surface area contributed by atoms with Gasteiger partial charge in [0.2, 0.25) is 0 Å². The Kier molecular flexibility index (Phi) is 6.11. The van der Waals surface area contributed by atoms with Crippen LogP contribution in [-0.2, 0) is 6.18 Å². The van der Waals surface area contributed by atoms with E-state index in [1.54, 1.807) is 0 Å². The van der Waals surface area contributed by atoms with Gasteiger partial charge in [-0.15, -0.1) is 0 Å². The molecule has 31 heavy (non-hydrogen) atoms. The Balaban J connectivity index is 2.00. The van der Waals surface area contributed by atoms with Crippen LogP contribution in [0.25, 0.3) is 0 Å². The van der Waals surface area contributed by atoms with E-state index in [1.165, 1.54) is 18.3 Å². The maximum atomic E-state index is 13.2. The Morgan fingerprint density at radius 3 is 2.39 bits per heavy atom. The number of hydrogen-bond donors (Lipinski definition) is 2. The van der Waals surface area contributed by atoms with Gasteiger partial charge < -0.3 is 15.8 Å². The van der Waals surface area contributed by atoms with Crippen LogP contribution in [0.15, 0.2) is 54.7 Å². The van der Waals surface area contributed by atoms with Crippen molar-refractivity contribution in [2.45, 2.75) is 6.18 Å². The zero-order valence-corrected chi connectivity index (χ0v) is 16.1. The zero-order valence-electron chi connectivity index (χ0n) is 15.3. The minimum Gasteiger partial charge on any atom is -0.455 e. The number of amides is 2. The number of aromatic nitrogens is 1. The van der Waals surface area contributed by atoms with Crippen molar-refractivity contribution in [3.05, 3.63) is 82.4 Å². The Bertz CT molecular complexity index is 1170. The van der Waals surface area contributed by atoms with Crippen LogP contribution in [0, 0.1) is 5.82 Å². The summed E-state index contributed by atoms with van der Waals surface area (Å²) in [5.74, 6) is -2.81. The monoisotopic (exact) mass is 453 g/mol. The topological polar surface area (TPSA) is 94.3 Å². The molecule has 0 aliphatic rings. The van der Waals surface area contributed by atoms with Crippen molar-refractivity contribution < 1.29 is 31.9 Å². The molecule has 3 rings (SSSR count). The molecule has 0 aliphatic carbocycles. The molecule has 0 atom stereocenters. The number of hydrogen-bond acceptors (Lipinski definition) is 4. The Morgan fingerprint density at radius 2 is 1.74 bits per heavy atom. The number of ether oxygens (including phenoxy) is 1. The van der Waals surface area contributed by atoms with Gasteiger partial charge in [0.15, 0.2) is 0 Å². The summed E-state index contributed by atoms with van der Waals surface area (Å²) < 4.78 is 58.2. The van der Waals surface area contributed by atoms with E-state index in [-0.39, 0.29) is 27.9 Å². The lowest BCUT2D eigenvalue weighted by Gasteiger charge is -2.15. The highest BCUT2D eigenvalue weighted by molar-refractivity contribution is 6.32. The first-order valence-electron chi connectivity index (χ1n) is 8.46. The number of primary amides is 1. The molecule has 11 heteroatoms. The summed E-state index contributed by atoms with van der Waals surface area (Å²) in [4.78, 5) is 27.7. The largest absolute Gasteiger partial charge is 0.455 e. The second-order valence-electron chi connectivity index (χ2n) is 6.13. The summed E-state index contributed by atoms with van der Waals surface area (Å²) in [5, 5.41) is 2.21. The predicted octanol–water partition coefficient (Wildman–Crippen LogP) is 5.04. The zero-order chi connectivity index (χ0) is 22.8. The molecule has 3 aromatic rings. The lowest BCUT2D eigenvalue weighted by molar-refractivity contribution is -0.137. The summed E-state index contributed by atoms with van der Waals surface area (Å²) in [6.45, 7) is 0. The van der Waals surface area contributed by atoms with Gasteiger partial charge in [0.05, 0.1) is 16.1 Å². The van der Waals surface area contributed by atoms with Gasteiger partial charge >= 0.3 is 6.18 Å². The third-order valence-corrected chi connectivity index (χ3v) is 4.23. The van der Waals surface area contributed by atoms with Gasteiger partial charge in [0.25, 0.3) is 11.8 Å². The third-order valence-electron chi connectivity index (χ3n) is 3.94. The van der Waals surface area contributed by atoms with Crippen LogP contribution in [0.1, 0.15) is 26.4 Å². The quantitative estimate of drug-likeness (QED) is 0.529. The van der Waals surface area contributed by atoms with Crippen LogP contribution < -0.4 is 15.8 Å². The summed E-state index contributed by atoms with van der Waals surface area (Å²) in [6.07, 6.45) is -3.53. The number of alkyl halides is 3. The van der Waals surface area contributed by atoms with E-state index in [2.05, 4.69) is 10.3 Å². The van der Waals surface area contributed by atoms with Gasteiger partial charge in [-0.25, -0.2) is 4.39 Å². The highest BCUT2D eigenvalue weighted by Gasteiger charge is 2.32. The minimum atomic E-state index is -4.73. The molecule has 2 aromatic carbocycles. The second kappa shape index (κ2) is 8.60. The fraction of sp³-hybridized carbons (Fsp3) is 0.0500. The minimum absolute atomic E-state index is 0.0666. The average molecular weight is 454 g/mol. The molecule has 0 saturated carbocycles. The molecule has 0 spiro atoms. The lowest BCUT2D eigenvalue weighted by atomic mass is 10.1. The molecule has 3 N–H and O–H groups in total. The van der Waals surface area contributed by atoms with Crippen molar-refractivity contribution in [1.82, 2.24) is 4.98 Å². The number of benzene rings is 2. The number of anilines is 1. The summed E-state index contributed by atoms with van der Waals surface area (Å²) >= 11 is 5.90. The normalized spacial score (nSPS) is 11.1. The highest BCUT2D eigenvalue weighted by atomic mass is 35.5. The van der Waals surface area contributed by atoms with Gasteiger partial charge in [-0.2, -0.15) is 13.2 Å². The van der Waals surface area contributed by atoms with Crippen LogP contribution in [0.4, 0.5) is 23.2 Å². The first-order chi connectivity index (χ1) is 14.5. The van der Waals surface area contributed by atoms with Crippen LogP contribution in [0.3, 0.4) is 0 Å². The molecule has 0 radical (unpaired) electrons. The smallest absolute Gasteiger partial charge is 0.416 e. The molecule has 0 aliphatic heterocycles. The summed E-state index contributed by atoms with van der Waals surface area (Å²) in [5.41, 5.74) is 3.47. The SMILES string of the molecule is NC(=O)c1cc(NC(=O)c2cc(C(F)(F)F)ccc2Oc2ccc(F)cc2Cl)ccn1. The molecule has 0 saturated heterocycles. The van der Waals surface area contributed by atoms with E-state index in [0.717, 1.165) is 30.3 Å². The summed E-state index contributed by atoms with van der Waals surface area (Å²) in [6, 6.07) is 7.88. The first kappa shape index (κ1) is 22.0. The average Bonchev–Trinajstić information content (AvgIpc) is 2.69. The van der Waals surface area contributed by atoms with Crippen molar-refractivity contribution in [3.63, 3.8) is 0 Å². The third kappa shape index (κ3) is 5.28. The van der Waals surface area contributed by atoms with Crippen molar-refractivity contribution in [1.29, 1.82) is 0 Å². The van der Waals surface area contributed by atoms with Gasteiger partial charge in [-0.3, -0.25) is 14.6 Å². The molecule has 1 heterocycles. The Labute approximate surface area is 177 Å². The highest BCUT2D eigenvalue weighted by Crippen LogP contribution is 2.36. The van der Waals surface area contributed by atoms with Gasteiger partial charge in [0.1, 0.15) is 23.0 Å². The standard InChI is InChI=1S/C20H12ClF4N3O3/c21-14-8-11(22)2-4-17(14)31-16-3-1-10(20(23,24)25)7-13(16)19(30)28-12-5-6-27-15(9-12)18(26)29/h1-9H,(H2,26,29)(H,27,28,30). The number of pyridine rings is 1. The van der Waals surface area contributed by atoms with Gasteiger partial charge in [-0.1, -0.05) is 11.6 Å². The maximum absolute atomic E-state index is 13.2. The maximum Gasteiger partial charge on any atom is 0.416 e. The van der Waals surface area contributed by atoms with Crippen LogP contribution >= 0.6 is 11.6 Å². The van der Waals surface area contributed by atoms with Crippen molar-refractivity contribution in [2.24, 2.45) is 5.73 Å². The van der Waals surface area contributed by atoms with Gasteiger partial charge in [-0.05, 0) is 48.5 Å². The van der Waals surface area contributed by atoms with E-state index in [1.807, 2.05) is 0 Å². The van der Waals surface area contributed by atoms with Crippen molar-refractivity contribution >= 4 is 29.1 Å². The summed E-state index contributed by atoms with van der Waals surface area (Å²) in [7, 11) is 0. The number of carbonyl (C=O) groups excluding carboxylic acids is 2.